The second-order valence-electron chi connectivity index (χ2n) is 5.55. The molecule has 3 rings (SSSR count). The quantitative estimate of drug-likeness (QED) is 0.748. The van der Waals surface area contributed by atoms with Crippen LogP contribution < -0.4 is 10.2 Å². The van der Waals surface area contributed by atoms with Crippen molar-refractivity contribution in [3.8, 4) is 6.07 Å². The monoisotopic (exact) mass is 330 g/mol. The van der Waals surface area contributed by atoms with Crippen LogP contribution in [-0.2, 0) is 6.42 Å². The van der Waals surface area contributed by atoms with Crippen molar-refractivity contribution in [3.63, 3.8) is 0 Å². The van der Waals surface area contributed by atoms with E-state index in [9.17, 15) is 5.26 Å². The van der Waals surface area contributed by atoms with E-state index in [1.165, 1.54) is 5.56 Å². The third-order valence-electron chi connectivity index (χ3n) is 3.81. The number of likely N-dealkylation sites (N-methyl/N-ethyl adjacent to an activating group) is 1. The molecule has 124 valence electrons. The summed E-state index contributed by atoms with van der Waals surface area (Å²) >= 11 is 0. The Hall–Kier alpha value is -3.46. The van der Waals surface area contributed by atoms with Gasteiger partial charge in [0.05, 0.1) is 11.3 Å². The Balaban J connectivity index is 1.69. The maximum absolute atomic E-state index is 9.17. The summed E-state index contributed by atoms with van der Waals surface area (Å²) in [6, 6.07) is 15.3. The highest BCUT2D eigenvalue weighted by molar-refractivity contribution is 5.63. The number of pyridine rings is 1. The van der Waals surface area contributed by atoms with E-state index < -0.39 is 0 Å². The fourth-order valence-electron chi connectivity index (χ4n) is 2.39. The van der Waals surface area contributed by atoms with Gasteiger partial charge in [0.25, 0.3) is 0 Å². The number of rotatable bonds is 6. The molecule has 0 saturated heterocycles. The van der Waals surface area contributed by atoms with Crippen molar-refractivity contribution in [2.24, 2.45) is 0 Å². The summed E-state index contributed by atoms with van der Waals surface area (Å²) in [4.78, 5) is 14.9. The zero-order valence-corrected chi connectivity index (χ0v) is 13.9. The van der Waals surface area contributed by atoms with Crippen LogP contribution in [0.4, 0.5) is 17.5 Å². The number of aromatic nitrogens is 3. The first-order valence-electron chi connectivity index (χ1n) is 7.95. The maximum Gasteiger partial charge on any atom is 0.229 e. The lowest BCUT2D eigenvalue weighted by Gasteiger charge is -2.18. The molecule has 2 heterocycles. The molecule has 0 amide bonds. The molecule has 6 heteroatoms. The molecule has 1 aromatic carbocycles. The summed E-state index contributed by atoms with van der Waals surface area (Å²) in [7, 11) is 2.00. The number of nitriles is 1. The minimum atomic E-state index is 0.468. The minimum Gasteiger partial charge on any atom is -0.359 e. The summed E-state index contributed by atoms with van der Waals surface area (Å²) in [6.07, 6.45) is 6.22. The van der Waals surface area contributed by atoms with Crippen molar-refractivity contribution in [2.75, 3.05) is 23.8 Å². The van der Waals surface area contributed by atoms with Gasteiger partial charge in [-0.2, -0.15) is 10.2 Å². The van der Waals surface area contributed by atoms with Gasteiger partial charge in [0.2, 0.25) is 5.95 Å². The highest BCUT2D eigenvalue weighted by atomic mass is 15.2. The molecule has 0 bridgehead atoms. The van der Waals surface area contributed by atoms with Gasteiger partial charge in [-0.05, 0) is 42.3 Å². The van der Waals surface area contributed by atoms with E-state index in [1.807, 2.05) is 43.4 Å². The van der Waals surface area contributed by atoms with Crippen LogP contribution in [0.5, 0.6) is 0 Å². The smallest absolute Gasteiger partial charge is 0.229 e. The van der Waals surface area contributed by atoms with E-state index in [0.29, 0.717) is 17.2 Å². The van der Waals surface area contributed by atoms with Crippen LogP contribution in [0.25, 0.3) is 0 Å². The largest absolute Gasteiger partial charge is 0.359 e. The van der Waals surface area contributed by atoms with Crippen molar-refractivity contribution in [2.45, 2.75) is 6.42 Å². The first-order valence-corrected chi connectivity index (χ1v) is 7.95. The maximum atomic E-state index is 9.17. The van der Waals surface area contributed by atoms with Gasteiger partial charge in [-0.3, -0.25) is 4.98 Å². The van der Waals surface area contributed by atoms with Gasteiger partial charge in [0.1, 0.15) is 11.9 Å². The molecule has 0 atom stereocenters. The summed E-state index contributed by atoms with van der Waals surface area (Å²) < 4.78 is 0. The fourth-order valence-corrected chi connectivity index (χ4v) is 2.39. The normalized spacial score (nSPS) is 10.1. The average molecular weight is 330 g/mol. The van der Waals surface area contributed by atoms with Crippen molar-refractivity contribution in [3.05, 3.63) is 72.2 Å². The van der Waals surface area contributed by atoms with Crippen LogP contribution in [0.1, 0.15) is 11.1 Å². The predicted molar refractivity (Wildman–Crippen MR) is 97.7 cm³/mol. The zero-order chi connectivity index (χ0) is 17.5. The molecular weight excluding hydrogens is 312 g/mol. The number of nitrogens with zero attached hydrogens (tertiary/aromatic N) is 5. The minimum absolute atomic E-state index is 0.468. The molecule has 0 saturated carbocycles. The number of hydrogen-bond acceptors (Lipinski definition) is 6. The molecule has 0 aliphatic heterocycles. The lowest BCUT2D eigenvalue weighted by molar-refractivity contribution is 0.855. The van der Waals surface area contributed by atoms with Gasteiger partial charge in [0, 0.05) is 32.2 Å². The third kappa shape index (κ3) is 4.30. The predicted octanol–water partition coefficient (Wildman–Crippen LogP) is 3.17. The first kappa shape index (κ1) is 16.4. The van der Waals surface area contributed by atoms with E-state index >= 15 is 0 Å². The zero-order valence-electron chi connectivity index (χ0n) is 13.9. The molecule has 0 unspecified atom stereocenters. The molecule has 2 aromatic heterocycles. The summed E-state index contributed by atoms with van der Waals surface area (Å²) in [6.45, 7) is 0.829. The molecule has 0 aliphatic rings. The van der Waals surface area contributed by atoms with Gasteiger partial charge in [0.15, 0.2) is 0 Å². The Morgan fingerprint density at radius 1 is 1.08 bits per heavy atom. The molecule has 3 aromatic rings. The SMILES string of the molecule is CN(CCc1ccncc1)c1ccnc(Nc2ccccc2C#N)n1. The molecule has 0 radical (unpaired) electrons. The van der Waals surface area contributed by atoms with Gasteiger partial charge in [-0.25, -0.2) is 4.98 Å². The van der Waals surface area contributed by atoms with Crippen LogP contribution in [-0.4, -0.2) is 28.5 Å². The Labute approximate surface area is 146 Å². The summed E-state index contributed by atoms with van der Waals surface area (Å²) in [5.41, 5.74) is 2.49. The first-order chi connectivity index (χ1) is 12.3. The van der Waals surface area contributed by atoms with Crippen molar-refractivity contribution in [1.29, 1.82) is 5.26 Å². The standard InChI is InChI=1S/C19H18N6/c1-25(13-9-15-6-10-21-11-7-15)18-8-12-22-19(24-18)23-17-5-3-2-4-16(17)14-20/h2-8,10-12H,9,13H2,1H3,(H,22,23,24). The van der Waals surface area contributed by atoms with Crippen molar-refractivity contribution < 1.29 is 0 Å². The van der Waals surface area contributed by atoms with Crippen molar-refractivity contribution in [1.82, 2.24) is 15.0 Å². The van der Waals surface area contributed by atoms with Crippen molar-refractivity contribution >= 4 is 17.5 Å². The van der Waals surface area contributed by atoms with E-state index in [2.05, 4.69) is 31.2 Å². The summed E-state index contributed by atoms with van der Waals surface area (Å²) in [5.74, 6) is 1.29. The number of hydrogen-bond donors (Lipinski definition) is 1. The summed E-state index contributed by atoms with van der Waals surface area (Å²) in [5, 5.41) is 12.3. The topological polar surface area (TPSA) is 77.7 Å². The van der Waals surface area contributed by atoms with Gasteiger partial charge < -0.3 is 10.2 Å². The van der Waals surface area contributed by atoms with Crippen LogP contribution in [0.3, 0.4) is 0 Å². The highest BCUT2D eigenvalue weighted by Crippen LogP contribution is 2.19. The number of anilines is 3. The van der Waals surface area contributed by atoms with Gasteiger partial charge in [-0.15, -0.1) is 0 Å². The molecule has 1 N–H and O–H groups in total. The van der Waals surface area contributed by atoms with Gasteiger partial charge in [-0.1, -0.05) is 12.1 Å². The number of nitrogens with one attached hydrogen (secondary N) is 1. The second-order valence-corrected chi connectivity index (χ2v) is 5.55. The van der Waals surface area contributed by atoms with Gasteiger partial charge >= 0.3 is 0 Å². The lowest BCUT2D eigenvalue weighted by atomic mass is 10.2. The fraction of sp³-hybridized carbons (Fsp3) is 0.158. The van der Waals surface area contributed by atoms with Crippen LogP contribution in [0, 0.1) is 11.3 Å². The number of para-hydroxylation sites is 1. The Morgan fingerprint density at radius 2 is 1.88 bits per heavy atom. The van der Waals surface area contributed by atoms with Crippen LogP contribution in [0.2, 0.25) is 0 Å². The molecule has 25 heavy (non-hydrogen) atoms. The molecule has 0 spiro atoms. The van der Waals surface area contributed by atoms with Crippen LogP contribution >= 0.6 is 0 Å². The second kappa shape index (κ2) is 7.88. The number of benzene rings is 1. The van der Waals surface area contributed by atoms with E-state index in [1.54, 1.807) is 24.7 Å². The van der Waals surface area contributed by atoms with E-state index in [0.717, 1.165) is 18.8 Å². The van der Waals surface area contributed by atoms with Crippen LogP contribution in [0.15, 0.2) is 61.1 Å². The van der Waals surface area contributed by atoms with E-state index in [4.69, 9.17) is 0 Å². The molecule has 6 nitrogen and oxygen atoms in total. The highest BCUT2D eigenvalue weighted by Gasteiger charge is 2.07. The molecule has 0 aliphatic carbocycles. The Bertz CT molecular complexity index is 872. The molecule has 0 fully saturated rings. The van der Waals surface area contributed by atoms with E-state index in [-0.39, 0.29) is 0 Å². The average Bonchev–Trinajstić information content (AvgIpc) is 2.67. The Kier molecular flexibility index (Phi) is 5.17. The third-order valence-corrected chi connectivity index (χ3v) is 3.81. The lowest BCUT2D eigenvalue weighted by Crippen LogP contribution is -2.21. The Morgan fingerprint density at radius 3 is 2.68 bits per heavy atom. The molecular formula is C19H18N6.